The zero-order chi connectivity index (χ0) is 7.28. The molecular weight excluding hydrogens is 116 g/mol. The Balaban J connectivity index is 3.86. The maximum absolute atomic E-state index is 9.91. The minimum Gasteiger partial charge on any atom is -0.478 e. The van der Waals surface area contributed by atoms with E-state index in [9.17, 15) is 4.79 Å². The van der Waals surface area contributed by atoms with Crippen molar-refractivity contribution in [2.75, 3.05) is 0 Å². The van der Waals surface area contributed by atoms with Gasteiger partial charge in [0.25, 0.3) is 0 Å². The maximum atomic E-state index is 9.91. The Kier molecular flexibility index (Phi) is 3.44. The van der Waals surface area contributed by atoms with Gasteiger partial charge in [0.2, 0.25) is 0 Å². The normalized spacial score (nSPS) is 12.4. The van der Waals surface area contributed by atoms with Gasteiger partial charge in [-0.3, -0.25) is 0 Å². The molecule has 0 spiro atoms. The van der Waals surface area contributed by atoms with Gasteiger partial charge in [-0.1, -0.05) is 17.7 Å². The molecule has 0 saturated heterocycles. The molecule has 2 heteroatoms. The van der Waals surface area contributed by atoms with Crippen molar-refractivity contribution in [3.05, 3.63) is 23.8 Å². The standard InChI is InChI=1S/C7H10O2/c1-3-6(2)4-5-7(8)9/h3-5H,1-2H3,(H,8,9)/b5-4-,6-3-. The van der Waals surface area contributed by atoms with Crippen LogP contribution >= 0.6 is 0 Å². The minimum atomic E-state index is -0.906. The summed E-state index contributed by atoms with van der Waals surface area (Å²) in [7, 11) is 0. The number of allylic oxidation sites excluding steroid dienone is 3. The molecule has 0 bridgehead atoms. The predicted molar refractivity (Wildman–Crippen MR) is 36.2 cm³/mol. The van der Waals surface area contributed by atoms with Gasteiger partial charge in [-0.05, 0) is 13.8 Å². The zero-order valence-corrected chi connectivity index (χ0v) is 5.59. The predicted octanol–water partition coefficient (Wildman–Crippen LogP) is 1.59. The summed E-state index contributed by atoms with van der Waals surface area (Å²) in [6.07, 6.45) is 4.52. The summed E-state index contributed by atoms with van der Waals surface area (Å²) in [6, 6.07) is 0. The molecule has 0 rings (SSSR count). The molecule has 0 radical (unpaired) electrons. The van der Waals surface area contributed by atoms with Crippen LogP contribution in [-0.2, 0) is 4.79 Å². The molecule has 0 aliphatic rings. The largest absolute Gasteiger partial charge is 0.478 e. The van der Waals surface area contributed by atoms with Crippen LogP contribution in [-0.4, -0.2) is 11.1 Å². The first-order valence-electron chi connectivity index (χ1n) is 2.70. The van der Waals surface area contributed by atoms with Gasteiger partial charge in [0.1, 0.15) is 0 Å². The highest BCUT2D eigenvalue weighted by molar-refractivity contribution is 5.80. The SMILES string of the molecule is C/C=C(C)\C=C/C(=O)O. The van der Waals surface area contributed by atoms with E-state index in [-0.39, 0.29) is 0 Å². The van der Waals surface area contributed by atoms with E-state index in [4.69, 9.17) is 5.11 Å². The summed E-state index contributed by atoms with van der Waals surface area (Å²) in [5, 5.41) is 8.14. The lowest BCUT2D eigenvalue weighted by Crippen LogP contribution is -1.85. The first-order valence-corrected chi connectivity index (χ1v) is 2.70. The Morgan fingerprint density at radius 2 is 2.00 bits per heavy atom. The molecule has 0 aromatic heterocycles. The van der Waals surface area contributed by atoms with E-state index in [1.54, 1.807) is 6.08 Å². The van der Waals surface area contributed by atoms with Crippen molar-refractivity contribution in [1.82, 2.24) is 0 Å². The summed E-state index contributed by atoms with van der Waals surface area (Å²) in [6.45, 7) is 3.71. The first-order chi connectivity index (χ1) is 4.16. The van der Waals surface area contributed by atoms with Gasteiger partial charge in [0, 0.05) is 6.08 Å². The quantitative estimate of drug-likeness (QED) is 0.450. The highest BCUT2D eigenvalue weighted by Gasteiger charge is 1.83. The van der Waals surface area contributed by atoms with E-state index in [0.717, 1.165) is 11.6 Å². The van der Waals surface area contributed by atoms with Crippen molar-refractivity contribution < 1.29 is 9.90 Å². The van der Waals surface area contributed by atoms with Crippen molar-refractivity contribution in [2.45, 2.75) is 13.8 Å². The van der Waals surface area contributed by atoms with E-state index in [1.165, 1.54) is 0 Å². The molecule has 9 heavy (non-hydrogen) atoms. The van der Waals surface area contributed by atoms with Crippen LogP contribution in [0.25, 0.3) is 0 Å². The Bertz CT molecular complexity index is 154. The van der Waals surface area contributed by atoms with E-state index >= 15 is 0 Å². The highest BCUT2D eigenvalue weighted by Crippen LogP contribution is 1.92. The average molecular weight is 126 g/mol. The van der Waals surface area contributed by atoms with Crippen LogP contribution in [0.2, 0.25) is 0 Å². The maximum Gasteiger partial charge on any atom is 0.328 e. The molecule has 1 N–H and O–H groups in total. The van der Waals surface area contributed by atoms with Gasteiger partial charge < -0.3 is 5.11 Å². The Hall–Kier alpha value is -1.05. The molecule has 0 amide bonds. The first kappa shape index (κ1) is 7.95. The number of carbonyl (C=O) groups is 1. The van der Waals surface area contributed by atoms with Crippen molar-refractivity contribution in [3.63, 3.8) is 0 Å². The van der Waals surface area contributed by atoms with Gasteiger partial charge in [-0.15, -0.1) is 0 Å². The summed E-state index contributed by atoms with van der Waals surface area (Å²) in [5.74, 6) is -0.906. The van der Waals surface area contributed by atoms with E-state index in [2.05, 4.69) is 0 Å². The van der Waals surface area contributed by atoms with E-state index in [0.29, 0.717) is 0 Å². The number of hydrogen-bond donors (Lipinski definition) is 1. The van der Waals surface area contributed by atoms with Gasteiger partial charge >= 0.3 is 5.97 Å². The number of aliphatic carboxylic acids is 1. The van der Waals surface area contributed by atoms with Gasteiger partial charge in [-0.2, -0.15) is 0 Å². The molecule has 0 saturated carbocycles. The van der Waals surface area contributed by atoms with E-state index < -0.39 is 5.97 Å². The third-order valence-corrected chi connectivity index (χ3v) is 0.944. The summed E-state index contributed by atoms with van der Waals surface area (Å²) in [5.41, 5.74) is 0.956. The fraction of sp³-hybridized carbons (Fsp3) is 0.286. The molecule has 0 atom stereocenters. The van der Waals surface area contributed by atoms with E-state index in [1.807, 2.05) is 19.9 Å². The molecule has 50 valence electrons. The van der Waals surface area contributed by atoms with Crippen LogP contribution in [0.4, 0.5) is 0 Å². The average Bonchev–Trinajstić information content (AvgIpc) is 1.83. The molecule has 0 aliphatic heterocycles. The Labute approximate surface area is 54.5 Å². The minimum absolute atomic E-state index is 0.906. The summed E-state index contributed by atoms with van der Waals surface area (Å²) in [4.78, 5) is 9.91. The number of rotatable bonds is 2. The third-order valence-electron chi connectivity index (χ3n) is 0.944. The lowest BCUT2D eigenvalue weighted by atomic mass is 10.3. The van der Waals surface area contributed by atoms with Crippen LogP contribution in [0, 0.1) is 0 Å². The monoisotopic (exact) mass is 126 g/mol. The van der Waals surface area contributed by atoms with Gasteiger partial charge in [0.05, 0.1) is 0 Å². The van der Waals surface area contributed by atoms with Crippen LogP contribution in [0.15, 0.2) is 23.8 Å². The number of carboxylic acid groups (broad SMARTS) is 1. The van der Waals surface area contributed by atoms with Crippen molar-refractivity contribution in [1.29, 1.82) is 0 Å². The highest BCUT2D eigenvalue weighted by atomic mass is 16.4. The molecule has 0 aromatic rings. The zero-order valence-electron chi connectivity index (χ0n) is 5.59. The fourth-order valence-electron chi connectivity index (χ4n) is 0.299. The van der Waals surface area contributed by atoms with Crippen LogP contribution < -0.4 is 0 Å². The molecule has 0 unspecified atom stereocenters. The number of hydrogen-bond acceptors (Lipinski definition) is 1. The Morgan fingerprint density at radius 3 is 2.33 bits per heavy atom. The fourth-order valence-corrected chi connectivity index (χ4v) is 0.299. The van der Waals surface area contributed by atoms with Crippen molar-refractivity contribution in [2.24, 2.45) is 0 Å². The lowest BCUT2D eigenvalue weighted by Gasteiger charge is -1.83. The van der Waals surface area contributed by atoms with Crippen molar-refractivity contribution in [3.8, 4) is 0 Å². The number of carboxylic acids is 1. The second-order valence-electron chi connectivity index (χ2n) is 1.70. The molecular formula is C7H10O2. The smallest absolute Gasteiger partial charge is 0.328 e. The molecule has 0 aromatic carbocycles. The van der Waals surface area contributed by atoms with Crippen LogP contribution in [0.1, 0.15) is 13.8 Å². The summed E-state index contributed by atoms with van der Waals surface area (Å²) >= 11 is 0. The molecule has 2 nitrogen and oxygen atoms in total. The molecule has 0 fully saturated rings. The third kappa shape index (κ3) is 4.81. The van der Waals surface area contributed by atoms with Crippen LogP contribution in [0.3, 0.4) is 0 Å². The van der Waals surface area contributed by atoms with Crippen LogP contribution in [0.5, 0.6) is 0 Å². The Morgan fingerprint density at radius 1 is 1.44 bits per heavy atom. The van der Waals surface area contributed by atoms with Gasteiger partial charge in [-0.25, -0.2) is 4.79 Å². The molecule has 0 heterocycles. The molecule has 0 aliphatic carbocycles. The second kappa shape index (κ2) is 3.89. The topological polar surface area (TPSA) is 37.3 Å². The summed E-state index contributed by atoms with van der Waals surface area (Å²) < 4.78 is 0. The van der Waals surface area contributed by atoms with Crippen molar-refractivity contribution >= 4 is 5.97 Å². The van der Waals surface area contributed by atoms with Gasteiger partial charge in [0.15, 0.2) is 0 Å². The lowest BCUT2D eigenvalue weighted by molar-refractivity contribution is -0.131. The second-order valence-corrected chi connectivity index (χ2v) is 1.70.